The van der Waals surface area contributed by atoms with E-state index in [2.05, 4.69) is 66.7 Å². The van der Waals surface area contributed by atoms with Crippen LogP contribution in [0.1, 0.15) is 123 Å². The molecule has 1 fully saturated rings. The maximum atomic E-state index is 2.53. The molecule has 0 saturated heterocycles. The van der Waals surface area contributed by atoms with Crippen molar-refractivity contribution in [2.45, 2.75) is 112 Å². The van der Waals surface area contributed by atoms with E-state index < -0.39 is 0 Å². The van der Waals surface area contributed by atoms with Gasteiger partial charge in [-0.25, -0.2) is 0 Å². The van der Waals surface area contributed by atoms with Crippen molar-refractivity contribution < 1.29 is 0 Å². The van der Waals surface area contributed by atoms with Gasteiger partial charge in [-0.05, 0) is 65.0 Å². The van der Waals surface area contributed by atoms with E-state index in [0.29, 0.717) is 17.3 Å². The standard InChI is InChI=1S/C23H38.C2H6/c1-8-18(7)10-11-21-15-23(21,9-2)22-13-19(16(3)4)12-20(14-22)17(5)6;1-2/h12-14,16-18,21H,8-11,15H2,1-7H3;1-2H3. The molecule has 0 N–H and O–H groups in total. The first-order chi connectivity index (χ1) is 11.8. The van der Waals surface area contributed by atoms with Crippen LogP contribution in [0.5, 0.6) is 0 Å². The lowest BCUT2D eigenvalue weighted by Gasteiger charge is -2.21. The molecule has 0 radical (unpaired) electrons. The van der Waals surface area contributed by atoms with Crippen molar-refractivity contribution in [3.05, 3.63) is 34.9 Å². The number of rotatable bonds is 8. The van der Waals surface area contributed by atoms with Gasteiger partial charge < -0.3 is 0 Å². The maximum Gasteiger partial charge on any atom is -0.00179 e. The minimum atomic E-state index is 0.488. The summed E-state index contributed by atoms with van der Waals surface area (Å²) in [4.78, 5) is 0. The predicted molar refractivity (Wildman–Crippen MR) is 115 cm³/mol. The lowest BCUT2D eigenvalue weighted by atomic mass is 9.83. The average molecular weight is 345 g/mol. The molecule has 0 heterocycles. The highest BCUT2D eigenvalue weighted by atomic mass is 14.6. The third-order valence-electron chi connectivity index (χ3n) is 6.45. The van der Waals surface area contributed by atoms with E-state index in [1.807, 2.05) is 13.8 Å². The predicted octanol–water partition coefficient (Wildman–Crippen LogP) is 8.45. The summed E-state index contributed by atoms with van der Waals surface area (Å²) in [6.07, 6.45) is 6.87. The molecule has 0 amide bonds. The van der Waals surface area contributed by atoms with Crippen LogP contribution in [0.25, 0.3) is 0 Å². The van der Waals surface area contributed by atoms with Crippen molar-refractivity contribution in [1.29, 1.82) is 0 Å². The summed E-state index contributed by atoms with van der Waals surface area (Å²) in [5, 5.41) is 0. The molecule has 1 aromatic carbocycles. The third kappa shape index (κ3) is 5.35. The van der Waals surface area contributed by atoms with Crippen molar-refractivity contribution in [1.82, 2.24) is 0 Å². The Balaban J connectivity index is 0.00000151. The largest absolute Gasteiger partial charge is 0.0683 e. The van der Waals surface area contributed by atoms with Crippen molar-refractivity contribution in [2.24, 2.45) is 11.8 Å². The fourth-order valence-electron chi connectivity index (χ4n) is 4.07. The zero-order chi connectivity index (χ0) is 19.2. The summed E-state index contributed by atoms with van der Waals surface area (Å²) in [5.41, 5.74) is 5.20. The lowest BCUT2D eigenvalue weighted by Crippen LogP contribution is -2.11. The first-order valence-electron chi connectivity index (χ1n) is 11.0. The van der Waals surface area contributed by atoms with Crippen LogP contribution in [0.4, 0.5) is 0 Å². The Kier molecular flexibility index (Phi) is 8.72. The molecule has 3 atom stereocenters. The molecule has 0 aromatic heterocycles. The Morgan fingerprint density at radius 2 is 1.44 bits per heavy atom. The lowest BCUT2D eigenvalue weighted by molar-refractivity contribution is 0.449. The zero-order valence-corrected chi connectivity index (χ0v) is 18.6. The van der Waals surface area contributed by atoms with E-state index in [9.17, 15) is 0 Å². The average Bonchev–Trinajstić information content (AvgIpc) is 3.35. The highest BCUT2D eigenvalue weighted by molar-refractivity contribution is 5.41. The fourth-order valence-corrected chi connectivity index (χ4v) is 4.07. The Bertz CT molecular complexity index is 485. The van der Waals surface area contributed by atoms with Crippen molar-refractivity contribution in [3.8, 4) is 0 Å². The number of hydrogen-bond acceptors (Lipinski definition) is 0. The molecule has 0 heteroatoms. The summed E-state index contributed by atoms with van der Waals surface area (Å²) < 4.78 is 0. The van der Waals surface area contributed by atoms with Gasteiger partial charge >= 0.3 is 0 Å². The molecular formula is C25H44. The molecule has 144 valence electrons. The first kappa shape index (κ1) is 22.3. The molecule has 1 aromatic rings. The quantitative estimate of drug-likeness (QED) is 0.443. The Morgan fingerprint density at radius 1 is 0.920 bits per heavy atom. The number of benzene rings is 1. The van der Waals surface area contributed by atoms with Crippen molar-refractivity contribution >= 4 is 0 Å². The van der Waals surface area contributed by atoms with Crippen LogP contribution in [-0.2, 0) is 5.41 Å². The summed E-state index contributed by atoms with van der Waals surface area (Å²) in [5.74, 6) is 3.06. The van der Waals surface area contributed by atoms with Crippen LogP contribution in [0.15, 0.2) is 18.2 Å². The molecule has 25 heavy (non-hydrogen) atoms. The second-order valence-electron chi connectivity index (χ2n) is 8.70. The SMILES string of the molecule is CC.CCC(C)CCC1CC1(CC)c1cc(C(C)C)cc(C(C)C)c1. The van der Waals surface area contributed by atoms with Crippen LogP contribution in [-0.4, -0.2) is 0 Å². The van der Waals surface area contributed by atoms with Crippen molar-refractivity contribution in [3.63, 3.8) is 0 Å². The van der Waals surface area contributed by atoms with E-state index in [-0.39, 0.29) is 0 Å². The fraction of sp³-hybridized carbons (Fsp3) is 0.760. The monoisotopic (exact) mass is 344 g/mol. The van der Waals surface area contributed by atoms with Gasteiger partial charge in [-0.1, -0.05) is 93.4 Å². The summed E-state index contributed by atoms with van der Waals surface area (Å²) in [7, 11) is 0. The minimum absolute atomic E-state index is 0.488. The van der Waals surface area contributed by atoms with Crippen LogP contribution in [0, 0.1) is 11.8 Å². The first-order valence-corrected chi connectivity index (χ1v) is 11.0. The topological polar surface area (TPSA) is 0 Å². The minimum Gasteiger partial charge on any atom is -0.0683 e. The van der Waals surface area contributed by atoms with Crippen LogP contribution >= 0.6 is 0 Å². The van der Waals surface area contributed by atoms with Crippen molar-refractivity contribution in [2.75, 3.05) is 0 Å². The van der Waals surface area contributed by atoms with Gasteiger partial charge in [0.2, 0.25) is 0 Å². The van der Waals surface area contributed by atoms with Crippen LogP contribution in [0.3, 0.4) is 0 Å². The van der Waals surface area contributed by atoms with E-state index >= 15 is 0 Å². The van der Waals surface area contributed by atoms with Gasteiger partial charge in [-0.15, -0.1) is 0 Å². The Labute approximate surface area is 158 Å². The second-order valence-corrected chi connectivity index (χ2v) is 8.70. The van der Waals surface area contributed by atoms with Crippen LogP contribution in [0.2, 0.25) is 0 Å². The van der Waals surface area contributed by atoms with E-state index in [0.717, 1.165) is 11.8 Å². The highest BCUT2D eigenvalue weighted by Gasteiger charge is 2.53. The Hall–Kier alpha value is -0.780. The van der Waals surface area contributed by atoms with Gasteiger partial charge in [0.15, 0.2) is 0 Å². The van der Waals surface area contributed by atoms with Crippen LogP contribution < -0.4 is 0 Å². The Morgan fingerprint density at radius 3 is 1.84 bits per heavy atom. The molecule has 1 aliphatic rings. The van der Waals surface area contributed by atoms with Gasteiger partial charge in [0, 0.05) is 0 Å². The van der Waals surface area contributed by atoms with E-state index in [4.69, 9.17) is 0 Å². The molecule has 2 rings (SSSR count). The maximum absolute atomic E-state index is 2.53. The molecule has 0 spiro atoms. The molecule has 3 unspecified atom stereocenters. The smallest absolute Gasteiger partial charge is 0.00179 e. The van der Waals surface area contributed by atoms with Gasteiger partial charge in [0.25, 0.3) is 0 Å². The molecule has 0 aliphatic heterocycles. The van der Waals surface area contributed by atoms with E-state index in [1.165, 1.54) is 43.2 Å². The number of hydrogen-bond donors (Lipinski definition) is 0. The normalized spacial score (nSPS) is 23.4. The summed E-state index contributed by atoms with van der Waals surface area (Å²) >= 11 is 0. The molecular weight excluding hydrogens is 300 g/mol. The molecule has 1 aliphatic carbocycles. The zero-order valence-electron chi connectivity index (χ0n) is 18.6. The van der Waals surface area contributed by atoms with Gasteiger partial charge in [-0.2, -0.15) is 0 Å². The molecule has 1 saturated carbocycles. The summed E-state index contributed by atoms with van der Waals surface area (Å²) in [6.45, 7) is 20.5. The molecule has 0 bridgehead atoms. The molecule has 0 nitrogen and oxygen atoms in total. The highest BCUT2D eigenvalue weighted by Crippen LogP contribution is 2.59. The van der Waals surface area contributed by atoms with Gasteiger partial charge in [0.1, 0.15) is 0 Å². The van der Waals surface area contributed by atoms with E-state index in [1.54, 1.807) is 5.56 Å². The summed E-state index contributed by atoms with van der Waals surface area (Å²) in [6, 6.07) is 7.51. The second kappa shape index (κ2) is 9.79. The van der Waals surface area contributed by atoms with Gasteiger partial charge in [-0.3, -0.25) is 0 Å². The third-order valence-corrected chi connectivity index (χ3v) is 6.45. The van der Waals surface area contributed by atoms with Gasteiger partial charge in [0.05, 0.1) is 0 Å².